The smallest absolute Gasteiger partial charge is 0.0621 e. The number of likely N-dealkylation sites (tertiary alicyclic amines) is 1. The topological polar surface area (TPSA) is 21.7 Å². The Kier molecular flexibility index (Phi) is 5.14. The summed E-state index contributed by atoms with van der Waals surface area (Å²) in [4.78, 5) is 2.71. The maximum atomic E-state index is 6.19. The van der Waals surface area contributed by atoms with Gasteiger partial charge in [-0.2, -0.15) is 0 Å². The molecule has 0 N–H and O–H groups in total. The molecular weight excluding hydrogens is 322 g/mol. The van der Waals surface area contributed by atoms with Crippen LogP contribution in [0.3, 0.4) is 0 Å². The van der Waals surface area contributed by atoms with Gasteiger partial charge in [-0.3, -0.25) is 0 Å². The maximum Gasteiger partial charge on any atom is 0.0621 e. The number of benzene rings is 1. The Morgan fingerprint density at radius 1 is 1.08 bits per heavy atom. The van der Waals surface area contributed by atoms with Crippen LogP contribution < -0.4 is 0 Å². The van der Waals surface area contributed by atoms with Gasteiger partial charge in [-0.15, -0.1) is 0 Å². The highest BCUT2D eigenvalue weighted by molar-refractivity contribution is 6.30. The molecule has 4 rings (SSSR count). The molecule has 1 aromatic rings. The van der Waals surface area contributed by atoms with Crippen molar-refractivity contribution in [2.24, 2.45) is 5.41 Å². The molecule has 24 heavy (non-hydrogen) atoms. The summed E-state index contributed by atoms with van der Waals surface area (Å²) in [6.45, 7) is 5.31. The van der Waals surface area contributed by atoms with E-state index in [4.69, 9.17) is 21.1 Å². The van der Waals surface area contributed by atoms with Crippen molar-refractivity contribution in [2.45, 2.75) is 50.7 Å². The lowest BCUT2D eigenvalue weighted by Crippen LogP contribution is -2.47. The van der Waals surface area contributed by atoms with E-state index >= 15 is 0 Å². The summed E-state index contributed by atoms with van der Waals surface area (Å²) in [6.07, 6.45) is 7.62. The van der Waals surface area contributed by atoms with Crippen LogP contribution in [0.5, 0.6) is 0 Å². The van der Waals surface area contributed by atoms with E-state index in [1.54, 1.807) is 0 Å². The van der Waals surface area contributed by atoms with Gasteiger partial charge >= 0.3 is 0 Å². The van der Waals surface area contributed by atoms with Gasteiger partial charge in [0.1, 0.15) is 0 Å². The molecule has 1 spiro atoms. The third-order valence-corrected chi connectivity index (χ3v) is 6.48. The average Bonchev–Trinajstić information content (AvgIpc) is 3.01. The van der Waals surface area contributed by atoms with E-state index in [9.17, 15) is 0 Å². The summed E-state index contributed by atoms with van der Waals surface area (Å²) in [6, 6.07) is 8.97. The molecule has 132 valence electrons. The maximum absolute atomic E-state index is 6.19. The van der Waals surface area contributed by atoms with Crippen molar-refractivity contribution in [2.75, 3.05) is 32.9 Å². The van der Waals surface area contributed by atoms with E-state index in [-0.39, 0.29) is 0 Å². The molecule has 0 amide bonds. The van der Waals surface area contributed by atoms with Crippen LogP contribution in [-0.4, -0.2) is 50.0 Å². The van der Waals surface area contributed by atoms with E-state index in [1.165, 1.54) is 50.8 Å². The lowest BCUT2D eigenvalue weighted by Gasteiger charge is -2.43. The highest BCUT2D eigenvalue weighted by atomic mass is 35.5. The Balaban J connectivity index is 1.29. The number of piperidine rings is 1. The monoisotopic (exact) mass is 349 g/mol. The summed E-state index contributed by atoms with van der Waals surface area (Å²) in [5.41, 5.74) is 1.76. The number of ether oxygens (including phenoxy) is 2. The molecule has 3 saturated heterocycles. The van der Waals surface area contributed by atoms with Gasteiger partial charge in [0, 0.05) is 24.3 Å². The molecule has 3 aliphatic rings. The first-order chi connectivity index (χ1) is 11.7. The van der Waals surface area contributed by atoms with E-state index in [2.05, 4.69) is 17.0 Å². The first kappa shape index (κ1) is 16.8. The number of halogens is 1. The molecular formula is C20H28ClNO2. The number of rotatable bonds is 3. The largest absolute Gasteiger partial charge is 0.381 e. The lowest BCUT2D eigenvalue weighted by molar-refractivity contribution is 0.00223. The normalized spacial score (nSPS) is 28.5. The SMILES string of the molecule is Clc1ccc(C[C@@H]2CC3(CCN(C4CCOCC4)CC3)CO2)cc1. The van der Waals surface area contributed by atoms with Crippen LogP contribution in [0.4, 0.5) is 0 Å². The molecule has 0 bridgehead atoms. The fraction of sp³-hybridized carbons (Fsp3) is 0.700. The lowest BCUT2D eigenvalue weighted by atomic mass is 9.75. The van der Waals surface area contributed by atoms with Crippen molar-refractivity contribution < 1.29 is 9.47 Å². The number of hydrogen-bond acceptors (Lipinski definition) is 3. The zero-order chi connectivity index (χ0) is 16.4. The number of hydrogen-bond donors (Lipinski definition) is 0. The van der Waals surface area contributed by atoms with Crippen molar-refractivity contribution in [1.82, 2.24) is 4.90 Å². The first-order valence-corrected chi connectivity index (χ1v) is 9.78. The summed E-state index contributed by atoms with van der Waals surface area (Å²) in [5.74, 6) is 0. The second kappa shape index (κ2) is 7.33. The Hall–Kier alpha value is -0.610. The zero-order valence-electron chi connectivity index (χ0n) is 14.4. The highest BCUT2D eigenvalue weighted by Crippen LogP contribution is 2.43. The Morgan fingerprint density at radius 2 is 1.79 bits per heavy atom. The molecule has 1 aromatic carbocycles. The first-order valence-electron chi connectivity index (χ1n) is 9.40. The van der Waals surface area contributed by atoms with E-state index < -0.39 is 0 Å². The molecule has 0 saturated carbocycles. The highest BCUT2D eigenvalue weighted by Gasteiger charge is 2.43. The molecule has 1 atom stereocenters. The molecule has 3 nitrogen and oxygen atoms in total. The molecule has 0 aromatic heterocycles. The van der Waals surface area contributed by atoms with Crippen molar-refractivity contribution >= 4 is 11.6 Å². The molecule has 3 fully saturated rings. The van der Waals surface area contributed by atoms with E-state index in [0.29, 0.717) is 11.5 Å². The van der Waals surface area contributed by atoms with Crippen LogP contribution in [0.15, 0.2) is 24.3 Å². The van der Waals surface area contributed by atoms with Gasteiger partial charge in [0.05, 0.1) is 12.7 Å². The predicted molar refractivity (Wildman–Crippen MR) is 96.6 cm³/mol. The molecule has 0 unspecified atom stereocenters. The third-order valence-electron chi connectivity index (χ3n) is 6.23. The van der Waals surface area contributed by atoms with Crippen LogP contribution in [0.2, 0.25) is 5.02 Å². The Morgan fingerprint density at radius 3 is 2.50 bits per heavy atom. The third kappa shape index (κ3) is 3.80. The van der Waals surface area contributed by atoms with Crippen LogP contribution in [0.1, 0.15) is 37.7 Å². The predicted octanol–water partition coefficient (Wildman–Crippen LogP) is 3.93. The molecule has 4 heteroatoms. The Bertz CT molecular complexity index is 533. The molecule has 3 heterocycles. The standard InChI is InChI=1S/C20H28ClNO2/c21-17-3-1-16(2-4-17)13-19-14-20(15-24-19)7-9-22(10-8-20)18-5-11-23-12-6-18/h1-4,18-19H,5-15H2/t19-/m1/s1. The second-order valence-electron chi connectivity index (χ2n) is 7.85. The fourth-order valence-corrected chi connectivity index (χ4v) is 4.80. The fourth-order valence-electron chi connectivity index (χ4n) is 4.67. The molecule has 0 radical (unpaired) electrons. The van der Waals surface area contributed by atoms with Gasteiger partial charge in [0.15, 0.2) is 0 Å². The van der Waals surface area contributed by atoms with E-state index in [0.717, 1.165) is 37.3 Å². The minimum atomic E-state index is 0.376. The molecule has 3 aliphatic heterocycles. The van der Waals surface area contributed by atoms with Crippen molar-refractivity contribution in [3.8, 4) is 0 Å². The van der Waals surface area contributed by atoms with Crippen LogP contribution >= 0.6 is 11.6 Å². The van der Waals surface area contributed by atoms with Crippen molar-refractivity contribution in [3.63, 3.8) is 0 Å². The van der Waals surface area contributed by atoms with Crippen LogP contribution in [-0.2, 0) is 15.9 Å². The Labute approximate surface area is 150 Å². The summed E-state index contributed by atoms with van der Waals surface area (Å²) in [5, 5.41) is 0.808. The summed E-state index contributed by atoms with van der Waals surface area (Å²) in [7, 11) is 0. The van der Waals surface area contributed by atoms with E-state index in [1.807, 2.05) is 12.1 Å². The van der Waals surface area contributed by atoms with Gasteiger partial charge in [0.25, 0.3) is 0 Å². The summed E-state index contributed by atoms with van der Waals surface area (Å²) >= 11 is 5.98. The van der Waals surface area contributed by atoms with Crippen molar-refractivity contribution in [3.05, 3.63) is 34.9 Å². The zero-order valence-corrected chi connectivity index (χ0v) is 15.1. The van der Waals surface area contributed by atoms with Crippen molar-refractivity contribution in [1.29, 1.82) is 0 Å². The quantitative estimate of drug-likeness (QED) is 0.825. The van der Waals surface area contributed by atoms with Gasteiger partial charge in [-0.05, 0) is 74.7 Å². The van der Waals surface area contributed by atoms with Gasteiger partial charge < -0.3 is 14.4 Å². The second-order valence-corrected chi connectivity index (χ2v) is 8.28. The van der Waals surface area contributed by atoms with Gasteiger partial charge in [-0.1, -0.05) is 23.7 Å². The number of nitrogens with zero attached hydrogens (tertiary/aromatic N) is 1. The van der Waals surface area contributed by atoms with Gasteiger partial charge in [0.2, 0.25) is 0 Å². The van der Waals surface area contributed by atoms with Gasteiger partial charge in [-0.25, -0.2) is 0 Å². The summed E-state index contributed by atoms with van der Waals surface area (Å²) < 4.78 is 11.7. The average molecular weight is 350 g/mol. The van der Waals surface area contributed by atoms with Crippen LogP contribution in [0.25, 0.3) is 0 Å². The van der Waals surface area contributed by atoms with Crippen LogP contribution in [0, 0.1) is 5.41 Å². The molecule has 0 aliphatic carbocycles. The minimum absolute atomic E-state index is 0.376. The minimum Gasteiger partial charge on any atom is -0.381 e.